The van der Waals surface area contributed by atoms with Gasteiger partial charge in [-0.1, -0.05) is 48.5 Å². The highest BCUT2D eigenvalue weighted by Crippen LogP contribution is 2.33. The fourth-order valence-corrected chi connectivity index (χ4v) is 3.68. The summed E-state index contributed by atoms with van der Waals surface area (Å²) >= 11 is 0. The fourth-order valence-electron chi connectivity index (χ4n) is 3.68. The van der Waals surface area contributed by atoms with Crippen molar-refractivity contribution in [2.75, 3.05) is 6.61 Å². The minimum absolute atomic E-state index is 0.106. The summed E-state index contributed by atoms with van der Waals surface area (Å²) in [6.45, 7) is -0.232. The molecule has 7 heteroatoms. The van der Waals surface area contributed by atoms with E-state index in [4.69, 9.17) is 9.47 Å². The first kappa shape index (κ1) is 19.0. The second kappa shape index (κ2) is 7.97. The normalized spacial score (nSPS) is 21.1. The summed E-state index contributed by atoms with van der Waals surface area (Å²) in [5, 5.41) is 13.5. The van der Waals surface area contributed by atoms with Crippen molar-refractivity contribution < 1.29 is 24.2 Å². The highest BCUT2D eigenvalue weighted by molar-refractivity contribution is 5.85. The zero-order valence-electron chi connectivity index (χ0n) is 15.8. The van der Waals surface area contributed by atoms with E-state index in [0.717, 1.165) is 22.0 Å². The molecule has 1 amide bonds. The molecule has 1 aliphatic rings. The third-order valence-corrected chi connectivity index (χ3v) is 5.16. The topological polar surface area (TPSA) is 101 Å². The molecule has 7 nitrogen and oxygen atoms in total. The summed E-state index contributed by atoms with van der Waals surface area (Å²) < 4.78 is 10.7. The largest absolute Gasteiger partial charge is 0.455 e. The van der Waals surface area contributed by atoms with Crippen LogP contribution in [0.25, 0.3) is 10.9 Å². The summed E-state index contributed by atoms with van der Waals surface area (Å²) in [5.74, 6) is -0.574. The van der Waals surface area contributed by atoms with Crippen molar-refractivity contribution >= 4 is 23.0 Å². The number of fused-ring (bicyclic) bond motifs is 1. The SMILES string of the molecule is O=C(N[C@@H]1C[C@@](CO)(Cc2c[nH]c3ccccc23)OC1=O)OCc1ccccc1. The molecule has 0 unspecified atom stereocenters. The van der Waals surface area contributed by atoms with Crippen LogP contribution in [0.3, 0.4) is 0 Å². The van der Waals surface area contributed by atoms with Gasteiger partial charge >= 0.3 is 12.1 Å². The maximum atomic E-state index is 12.3. The van der Waals surface area contributed by atoms with Crippen LogP contribution in [0.4, 0.5) is 4.79 Å². The third kappa shape index (κ3) is 4.09. The number of cyclic esters (lactones) is 1. The Morgan fingerprint density at radius 1 is 1.21 bits per heavy atom. The number of esters is 1. The average Bonchev–Trinajstić information content (AvgIpc) is 3.29. The van der Waals surface area contributed by atoms with Crippen LogP contribution in [0.15, 0.2) is 60.8 Å². The van der Waals surface area contributed by atoms with Crippen LogP contribution in [-0.2, 0) is 27.3 Å². The number of ether oxygens (including phenoxy) is 2. The van der Waals surface area contributed by atoms with Crippen LogP contribution >= 0.6 is 0 Å². The van der Waals surface area contributed by atoms with E-state index < -0.39 is 23.7 Å². The van der Waals surface area contributed by atoms with Crippen LogP contribution in [0, 0.1) is 0 Å². The monoisotopic (exact) mass is 394 g/mol. The fraction of sp³-hybridized carbons (Fsp3) is 0.273. The summed E-state index contributed by atoms with van der Waals surface area (Å²) in [6, 6.07) is 16.2. The number of aromatic amines is 1. The highest BCUT2D eigenvalue weighted by atomic mass is 16.6. The second-order valence-corrected chi connectivity index (χ2v) is 7.26. The maximum absolute atomic E-state index is 12.3. The van der Waals surface area contributed by atoms with E-state index in [9.17, 15) is 14.7 Å². The number of rotatable bonds is 6. The van der Waals surface area contributed by atoms with Gasteiger partial charge in [0.1, 0.15) is 18.2 Å². The van der Waals surface area contributed by atoms with Crippen molar-refractivity contribution in [3.8, 4) is 0 Å². The number of aliphatic hydroxyl groups excluding tert-OH is 1. The third-order valence-electron chi connectivity index (χ3n) is 5.16. The van der Waals surface area contributed by atoms with Gasteiger partial charge in [-0.25, -0.2) is 9.59 Å². The Kier molecular flexibility index (Phi) is 5.22. The lowest BCUT2D eigenvalue weighted by atomic mass is 9.91. The molecule has 1 aromatic heterocycles. The van der Waals surface area contributed by atoms with Gasteiger partial charge in [0.25, 0.3) is 0 Å². The van der Waals surface area contributed by atoms with Crippen molar-refractivity contribution in [3.05, 3.63) is 71.9 Å². The molecule has 3 N–H and O–H groups in total. The summed E-state index contributed by atoms with van der Waals surface area (Å²) in [6.07, 6.45) is 1.67. The van der Waals surface area contributed by atoms with E-state index in [1.165, 1.54) is 0 Å². The molecule has 3 aromatic rings. The minimum Gasteiger partial charge on any atom is -0.455 e. The number of alkyl carbamates (subject to hydrolysis) is 1. The number of aromatic nitrogens is 1. The van der Waals surface area contributed by atoms with Crippen LogP contribution in [0.5, 0.6) is 0 Å². The Hall–Kier alpha value is -3.32. The van der Waals surface area contributed by atoms with Crippen molar-refractivity contribution in [2.24, 2.45) is 0 Å². The Morgan fingerprint density at radius 2 is 1.97 bits per heavy atom. The molecule has 1 saturated heterocycles. The van der Waals surface area contributed by atoms with Gasteiger partial charge in [-0.05, 0) is 17.2 Å². The molecule has 1 fully saturated rings. The van der Waals surface area contributed by atoms with E-state index in [1.807, 2.05) is 60.8 Å². The lowest BCUT2D eigenvalue weighted by Crippen LogP contribution is -2.40. The average molecular weight is 394 g/mol. The smallest absolute Gasteiger partial charge is 0.408 e. The number of hydrogen-bond acceptors (Lipinski definition) is 5. The number of carbonyl (C=O) groups excluding carboxylic acids is 2. The van der Waals surface area contributed by atoms with E-state index in [0.29, 0.717) is 6.42 Å². The number of amides is 1. The van der Waals surface area contributed by atoms with E-state index in [1.54, 1.807) is 0 Å². The zero-order chi connectivity index (χ0) is 20.3. The summed E-state index contributed by atoms with van der Waals surface area (Å²) in [7, 11) is 0. The standard InChI is InChI=1S/C22H22N2O5/c25-14-22(10-16-12-23-18-9-5-4-8-17(16)18)11-19(20(26)29-22)24-21(27)28-13-15-6-2-1-3-7-15/h1-9,12,19,23,25H,10-11,13-14H2,(H,24,27)/t19-,22-/m1/s1. The Balaban J connectivity index is 1.40. The maximum Gasteiger partial charge on any atom is 0.408 e. The first-order valence-corrected chi connectivity index (χ1v) is 9.44. The molecule has 2 heterocycles. The van der Waals surface area contributed by atoms with E-state index in [2.05, 4.69) is 10.3 Å². The van der Waals surface area contributed by atoms with Gasteiger partial charge in [0.15, 0.2) is 0 Å². The van der Waals surface area contributed by atoms with E-state index >= 15 is 0 Å². The molecular weight excluding hydrogens is 372 g/mol. The summed E-state index contributed by atoms with van der Waals surface area (Å²) in [5.41, 5.74) is 1.67. The Bertz CT molecular complexity index is 1020. The minimum atomic E-state index is -1.08. The van der Waals surface area contributed by atoms with Crippen LogP contribution in [0.2, 0.25) is 0 Å². The van der Waals surface area contributed by atoms with Gasteiger partial charge in [0.2, 0.25) is 0 Å². The molecule has 0 bridgehead atoms. The number of nitrogens with one attached hydrogen (secondary N) is 2. The summed E-state index contributed by atoms with van der Waals surface area (Å²) in [4.78, 5) is 27.6. The van der Waals surface area contributed by atoms with Gasteiger partial charge in [0, 0.05) is 29.9 Å². The van der Waals surface area contributed by atoms with Gasteiger partial charge in [0.05, 0.1) is 6.61 Å². The number of benzene rings is 2. The van der Waals surface area contributed by atoms with Crippen molar-refractivity contribution in [1.82, 2.24) is 10.3 Å². The number of H-pyrrole nitrogens is 1. The van der Waals surface area contributed by atoms with Crippen LogP contribution in [0.1, 0.15) is 17.5 Å². The van der Waals surface area contributed by atoms with Crippen molar-refractivity contribution in [3.63, 3.8) is 0 Å². The van der Waals surface area contributed by atoms with Gasteiger partial charge < -0.3 is 24.9 Å². The predicted molar refractivity (Wildman–Crippen MR) is 106 cm³/mol. The molecular formula is C22H22N2O5. The molecule has 0 aliphatic carbocycles. The quantitative estimate of drug-likeness (QED) is 0.558. The molecule has 1 aliphatic heterocycles. The van der Waals surface area contributed by atoms with Crippen LogP contribution < -0.4 is 5.32 Å². The predicted octanol–water partition coefficient (Wildman–Crippen LogP) is 2.68. The number of para-hydroxylation sites is 1. The second-order valence-electron chi connectivity index (χ2n) is 7.26. The highest BCUT2D eigenvalue weighted by Gasteiger charge is 2.47. The zero-order valence-corrected chi connectivity index (χ0v) is 15.8. The molecule has 0 radical (unpaired) electrons. The number of carbonyl (C=O) groups is 2. The number of hydrogen-bond donors (Lipinski definition) is 3. The molecule has 29 heavy (non-hydrogen) atoms. The molecule has 4 rings (SSSR count). The molecule has 150 valence electrons. The first-order valence-electron chi connectivity index (χ1n) is 9.44. The Labute approximate surface area is 167 Å². The molecule has 2 atom stereocenters. The molecule has 0 spiro atoms. The molecule has 0 saturated carbocycles. The lowest BCUT2D eigenvalue weighted by molar-refractivity contribution is -0.152. The van der Waals surface area contributed by atoms with Crippen molar-refractivity contribution in [1.29, 1.82) is 0 Å². The van der Waals surface area contributed by atoms with Crippen molar-refractivity contribution in [2.45, 2.75) is 31.1 Å². The first-order chi connectivity index (χ1) is 14.1. The lowest BCUT2D eigenvalue weighted by Gasteiger charge is -2.25. The van der Waals surface area contributed by atoms with E-state index in [-0.39, 0.29) is 19.6 Å². The number of aliphatic hydroxyl groups is 1. The van der Waals surface area contributed by atoms with Gasteiger partial charge in [-0.15, -0.1) is 0 Å². The molecule has 2 aromatic carbocycles. The van der Waals surface area contributed by atoms with Gasteiger partial charge in [-0.2, -0.15) is 0 Å². The van der Waals surface area contributed by atoms with Gasteiger partial charge in [-0.3, -0.25) is 0 Å². The Morgan fingerprint density at radius 3 is 2.76 bits per heavy atom. The van der Waals surface area contributed by atoms with Crippen LogP contribution in [-0.4, -0.2) is 40.4 Å².